The molecule has 22 heavy (non-hydrogen) atoms. The summed E-state index contributed by atoms with van der Waals surface area (Å²) < 4.78 is 6.81. The second-order valence-corrected chi connectivity index (χ2v) is 9.07. The van der Waals surface area contributed by atoms with Crippen LogP contribution in [-0.2, 0) is 6.42 Å². The number of fused-ring (bicyclic) bond motifs is 3. The first kappa shape index (κ1) is 14.6. The summed E-state index contributed by atoms with van der Waals surface area (Å²) in [7, 11) is 0. The Morgan fingerprint density at radius 1 is 1.05 bits per heavy atom. The Morgan fingerprint density at radius 2 is 1.82 bits per heavy atom. The predicted octanol–water partition coefficient (Wildman–Crippen LogP) is 5.62. The highest BCUT2D eigenvalue weighted by Crippen LogP contribution is 2.65. The molecule has 1 nitrogen and oxygen atoms in total. The Kier molecular flexibility index (Phi) is 3.00. The fourth-order valence-corrected chi connectivity index (χ4v) is 6.41. The van der Waals surface area contributed by atoms with E-state index in [2.05, 4.69) is 52.0 Å². The van der Waals surface area contributed by atoms with Crippen LogP contribution >= 0.6 is 0 Å². The number of hydrogen-bond acceptors (Lipinski definition) is 1. The number of ether oxygens (including phenoxy) is 1. The molecule has 1 spiro atoms. The summed E-state index contributed by atoms with van der Waals surface area (Å²) >= 11 is 0. The third-order valence-corrected chi connectivity index (χ3v) is 7.60. The van der Waals surface area contributed by atoms with E-state index < -0.39 is 0 Å². The third-order valence-electron chi connectivity index (χ3n) is 7.60. The molecule has 1 heteroatoms. The van der Waals surface area contributed by atoms with E-state index in [4.69, 9.17) is 4.74 Å². The summed E-state index contributed by atoms with van der Waals surface area (Å²) in [5, 5.41) is 0. The van der Waals surface area contributed by atoms with Crippen LogP contribution in [0.25, 0.3) is 0 Å². The summed E-state index contributed by atoms with van der Waals surface area (Å²) in [5.41, 5.74) is 2.22. The molecule has 1 heterocycles. The third kappa shape index (κ3) is 1.71. The van der Waals surface area contributed by atoms with Crippen LogP contribution in [0.3, 0.4) is 0 Å². The van der Waals surface area contributed by atoms with E-state index in [1.807, 2.05) is 0 Å². The van der Waals surface area contributed by atoms with Crippen molar-refractivity contribution in [3.8, 4) is 5.75 Å². The van der Waals surface area contributed by atoms with Gasteiger partial charge in [0.1, 0.15) is 11.4 Å². The van der Waals surface area contributed by atoms with Crippen LogP contribution in [0.15, 0.2) is 24.3 Å². The molecule has 0 bridgehead atoms. The lowest BCUT2D eigenvalue weighted by Crippen LogP contribution is -2.64. The Balaban J connectivity index is 1.81. The van der Waals surface area contributed by atoms with Gasteiger partial charge in [0.25, 0.3) is 0 Å². The highest BCUT2D eigenvalue weighted by atomic mass is 16.5. The van der Waals surface area contributed by atoms with Gasteiger partial charge in [-0.25, -0.2) is 0 Å². The minimum Gasteiger partial charge on any atom is -0.486 e. The molecular formula is C21H30O. The van der Waals surface area contributed by atoms with E-state index in [-0.39, 0.29) is 5.60 Å². The first-order valence-electron chi connectivity index (χ1n) is 9.16. The minimum absolute atomic E-state index is 0.0251. The first-order chi connectivity index (χ1) is 10.4. The highest BCUT2D eigenvalue weighted by Gasteiger charge is 2.64. The van der Waals surface area contributed by atoms with Crippen molar-refractivity contribution in [1.29, 1.82) is 0 Å². The van der Waals surface area contributed by atoms with E-state index in [0.717, 1.165) is 18.1 Å². The minimum atomic E-state index is 0.0251. The van der Waals surface area contributed by atoms with Gasteiger partial charge in [-0.05, 0) is 54.6 Å². The Labute approximate surface area is 135 Å². The number of hydrogen-bond donors (Lipinski definition) is 0. The van der Waals surface area contributed by atoms with Gasteiger partial charge in [0.05, 0.1) is 0 Å². The van der Waals surface area contributed by atoms with Crippen molar-refractivity contribution in [2.24, 2.45) is 22.7 Å². The largest absolute Gasteiger partial charge is 0.486 e. The summed E-state index contributed by atoms with van der Waals surface area (Å²) in [6.07, 6.45) is 7.88. The van der Waals surface area contributed by atoms with Crippen LogP contribution in [0.5, 0.6) is 5.75 Å². The van der Waals surface area contributed by atoms with Gasteiger partial charge in [-0.1, -0.05) is 52.3 Å². The summed E-state index contributed by atoms with van der Waals surface area (Å²) in [6.45, 7) is 10.00. The van der Waals surface area contributed by atoms with Crippen molar-refractivity contribution in [3.05, 3.63) is 29.8 Å². The van der Waals surface area contributed by atoms with Gasteiger partial charge in [0, 0.05) is 11.8 Å². The number of rotatable bonds is 0. The lowest BCUT2D eigenvalue weighted by molar-refractivity contribution is -0.184. The van der Waals surface area contributed by atoms with Crippen molar-refractivity contribution in [3.63, 3.8) is 0 Å². The average molecular weight is 298 g/mol. The molecule has 1 aromatic rings. The van der Waals surface area contributed by atoms with Gasteiger partial charge < -0.3 is 4.74 Å². The van der Waals surface area contributed by atoms with Gasteiger partial charge in [0.15, 0.2) is 0 Å². The van der Waals surface area contributed by atoms with Crippen molar-refractivity contribution < 1.29 is 4.74 Å². The van der Waals surface area contributed by atoms with Gasteiger partial charge in [0.2, 0.25) is 0 Å². The lowest BCUT2D eigenvalue weighted by atomic mass is 9.44. The Morgan fingerprint density at radius 3 is 2.59 bits per heavy atom. The topological polar surface area (TPSA) is 9.23 Å². The monoisotopic (exact) mass is 298 g/mol. The maximum Gasteiger partial charge on any atom is 0.123 e. The van der Waals surface area contributed by atoms with Crippen molar-refractivity contribution in [2.75, 3.05) is 0 Å². The molecule has 120 valence electrons. The first-order valence-corrected chi connectivity index (χ1v) is 9.16. The normalized spacial score (nSPS) is 42.5. The summed E-state index contributed by atoms with van der Waals surface area (Å²) in [5.74, 6) is 2.59. The molecule has 0 N–H and O–H groups in total. The van der Waals surface area contributed by atoms with Crippen molar-refractivity contribution >= 4 is 0 Å². The number of benzene rings is 1. The quantitative estimate of drug-likeness (QED) is 0.604. The van der Waals surface area contributed by atoms with Crippen LogP contribution in [-0.4, -0.2) is 5.60 Å². The second kappa shape index (κ2) is 4.52. The fourth-order valence-electron chi connectivity index (χ4n) is 6.41. The molecule has 0 amide bonds. The molecule has 4 rings (SSSR count). The molecule has 2 fully saturated rings. The van der Waals surface area contributed by atoms with Crippen LogP contribution in [0.2, 0.25) is 0 Å². The maximum atomic E-state index is 6.81. The van der Waals surface area contributed by atoms with Gasteiger partial charge in [-0.2, -0.15) is 0 Å². The molecule has 0 radical (unpaired) electrons. The van der Waals surface area contributed by atoms with E-state index in [1.165, 1.54) is 37.7 Å². The van der Waals surface area contributed by atoms with Crippen LogP contribution in [0.1, 0.15) is 65.4 Å². The average Bonchev–Trinajstić information content (AvgIpc) is 2.85. The van der Waals surface area contributed by atoms with Crippen molar-refractivity contribution in [1.82, 2.24) is 0 Å². The molecule has 1 aromatic carbocycles. The predicted molar refractivity (Wildman–Crippen MR) is 91.1 cm³/mol. The molecule has 2 aliphatic carbocycles. The summed E-state index contributed by atoms with van der Waals surface area (Å²) in [4.78, 5) is 0. The smallest absolute Gasteiger partial charge is 0.123 e. The Hall–Kier alpha value is -0.980. The van der Waals surface area contributed by atoms with Gasteiger partial charge in [-0.15, -0.1) is 0 Å². The molecule has 3 aliphatic rings. The summed E-state index contributed by atoms with van der Waals surface area (Å²) in [6, 6.07) is 8.74. The standard InChI is InChI=1S/C21H30O/c1-15-10-11-18-19(2,3)12-7-13-20(18,4)21(15)14-16-8-5-6-9-17(16)22-21/h5-6,8-9,15,18H,7,10-14H2,1-4H3. The molecule has 0 aromatic heterocycles. The maximum absolute atomic E-state index is 6.81. The van der Waals surface area contributed by atoms with Crippen LogP contribution in [0, 0.1) is 22.7 Å². The van der Waals surface area contributed by atoms with E-state index in [9.17, 15) is 0 Å². The van der Waals surface area contributed by atoms with E-state index in [0.29, 0.717) is 16.7 Å². The fraction of sp³-hybridized carbons (Fsp3) is 0.714. The lowest BCUT2D eigenvalue weighted by Gasteiger charge is -2.63. The molecule has 4 atom stereocenters. The molecular weight excluding hydrogens is 268 g/mol. The van der Waals surface area contributed by atoms with Gasteiger partial charge >= 0.3 is 0 Å². The van der Waals surface area contributed by atoms with E-state index in [1.54, 1.807) is 0 Å². The zero-order valence-corrected chi connectivity index (χ0v) is 14.6. The zero-order valence-electron chi connectivity index (χ0n) is 14.6. The molecule has 0 saturated heterocycles. The van der Waals surface area contributed by atoms with Crippen LogP contribution < -0.4 is 4.74 Å². The SMILES string of the molecule is CC1CCC2C(C)(C)CCCC2(C)C12Cc1ccccc1O2. The molecule has 4 unspecified atom stereocenters. The molecule has 1 aliphatic heterocycles. The second-order valence-electron chi connectivity index (χ2n) is 9.07. The van der Waals surface area contributed by atoms with E-state index >= 15 is 0 Å². The van der Waals surface area contributed by atoms with Crippen molar-refractivity contribution in [2.45, 2.75) is 71.8 Å². The highest BCUT2D eigenvalue weighted by molar-refractivity contribution is 5.41. The number of para-hydroxylation sites is 1. The van der Waals surface area contributed by atoms with Crippen LogP contribution in [0.4, 0.5) is 0 Å². The van der Waals surface area contributed by atoms with Gasteiger partial charge in [-0.3, -0.25) is 0 Å². The zero-order chi connectivity index (χ0) is 15.6. The Bertz CT molecular complexity index is 562. The molecule has 2 saturated carbocycles.